The molecule has 1 aromatic carbocycles. The molecule has 0 unspecified atom stereocenters. The zero-order chi connectivity index (χ0) is 23.8. The summed E-state index contributed by atoms with van der Waals surface area (Å²) in [6, 6.07) is 5.64. The average molecular weight is 497 g/mol. The van der Waals surface area contributed by atoms with E-state index in [4.69, 9.17) is 28.5 Å². The number of hydrogen-bond acceptors (Lipinski definition) is 6. The van der Waals surface area contributed by atoms with E-state index in [1.165, 1.54) is 12.4 Å². The second kappa shape index (κ2) is 8.93. The molecule has 1 aliphatic heterocycles. The maximum atomic E-state index is 12.8. The Kier molecular flexibility index (Phi) is 5.81. The lowest BCUT2D eigenvalue weighted by atomic mass is 9.99. The van der Waals surface area contributed by atoms with E-state index in [2.05, 4.69) is 31.4 Å². The first-order chi connectivity index (χ1) is 16.4. The van der Waals surface area contributed by atoms with Crippen LogP contribution in [0.3, 0.4) is 0 Å². The van der Waals surface area contributed by atoms with Crippen molar-refractivity contribution in [1.82, 2.24) is 34.9 Å². The summed E-state index contributed by atoms with van der Waals surface area (Å²) >= 11 is 12.3. The van der Waals surface area contributed by atoms with E-state index in [-0.39, 0.29) is 23.9 Å². The number of nitrogens with one attached hydrogen (secondary N) is 2. The number of H-pyrrole nitrogens is 1. The second-order valence-electron chi connectivity index (χ2n) is 7.98. The van der Waals surface area contributed by atoms with Crippen molar-refractivity contribution in [2.75, 3.05) is 19.6 Å². The van der Waals surface area contributed by atoms with Crippen LogP contribution in [-0.4, -0.2) is 61.1 Å². The number of aromatic nitrogens is 5. The molecule has 34 heavy (non-hydrogen) atoms. The van der Waals surface area contributed by atoms with Crippen LogP contribution in [0.25, 0.3) is 27.9 Å². The van der Waals surface area contributed by atoms with Gasteiger partial charge in [0.15, 0.2) is 11.5 Å². The Morgan fingerprint density at radius 3 is 2.74 bits per heavy atom. The molecule has 0 aliphatic carbocycles. The molecular formula is C22H18Cl2N8O2. The minimum Gasteiger partial charge on any atom is -0.344 e. The second-order valence-corrected chi connectivity index (χ2v) is 8.79. The zero-order valence-corrected chi connectivity index (χ0v) is 19.3. The van der Waals surface area contributed by atoms with Crippen molar-refractivity contribution in [2.45, 2.75) is 12.8 Å². The van der Waals surface area contributed by atoms with Crippen molar-refractivity contribution < 1.29 is 9.59 Å². The van der Waals surface area contributed by atoms with E-state index in [0.29, 0.717) is 58.5 Å². The number of rotatable bonds is 4. The van der Waals surface area contributed by atoms with Gasteiger partial charge in [-0.3, -0.25) is 9.59 Å². The summed E-state index contributed by atoms with van der Waals surface area (Å²) in [5.41, 5.74) is 1.73. The molecule has 4 heterocycles. The first kappa shape index (κ1) is 22.1. The number of amides is 2. The van der Waals surface area contributed by atoms with Crippen LogP contribution >= 0.6 is 23.2 Å². The van der Waals surface area contributed by atoms with Crippen LogP contribution in [0.2, 0.25) is 10.0 Å². The molecule has 1 aliphatic rings. The largest absolute Gasteiger partial charge is 0.344 e. The lowest BCUT2D eigenvalue weighted by Crippen LogP contribution is -2.44. The van der Waals surface area contributed by atoms with Crippen LogP contribution in [-0.2, 0) is 4.79 Å². The summed E-state index contributed by atoms with van der Waals surface area (Å²) in [5.74, 6) is -0.253. The topological polar surface area (TPSA) is 133 Å². The van der Waals surface area contributed by atoms with Crippen LogP contribution < -0.4 is 5.32 Å². The molecule has 4 aromatic rings. The predicted octanol–water partition coefficient (Wildman–Crippen LogP) is 3.10. The van der Waals surface area contributed by atoms with Gasteiger partial charge in [-0.2, -0.15) is 10.4 Å². The monoisotopic (exact) mass is 496 g/mol. The molecule has 0 spiro atoms. The molecule has 172 valence electrons. The summed E-state index contributed by atoms with van der Waals surface area (Å²) in [7, 11) is 0. The number of carbonyl (C=O) groups is 2. The number of halogens is 2. The Labute approximate surface area is 203 Å². The van der Waals surface area contributed by atoms with Crippen LogP contribution in [0, 0.1) is 17.2 Å². The van der Waals surface area contributed by atoms with E-state index in [0.717, 1.165) is 5.39 Å². The lowest BCUT2D eigenvalue weighted by molar-refractivity contribution is -0.131. The van der Waals surface area contributed by atoms with E-state index in [1.54, 1.807) is 27.9 Å². The Hall–Kier alpha value is -3.68. The maximum Gasteiger partial charge on any atom is 0.255 e. The first-order valence-electron chi connectivity index (χ1n) is 10.6. The summed E-state index contributed by atoms with van der Waals surface area (Å²) < 4.78 is 1.56. The van der Waals surface area contributed by atoms with Crippen molar-refractivity contribution in [3.8, 4) is 11.9 Å². The third-order valence-corrected chi connectivity index (χ3v) is 6.59. The number of likely N-dealkylation sites (tertiary alicyclic amines) is 1. The normalized spacial score (nSPS) is 14.4. The van der Waals surface area contributed by atoms with Crippen molar-refractivity contribution in [3.63, 3.8) is 0 Å². The summed E-state index contributed by atoms with van der Waals surface area (Å²) in [6.07, 6.45) is 5.97. The number of nitrogens with zero attached hydrogens (tertiary/aromatic N) is 6. The number of hydrogen-bond donors (Lipinski definition) is 2. The van der Waals surface area contributed by atoms with Crippen molar-refractivity contribution in [2.24, 2.45) is 5.92 Å². The van der Waals surface area contributed by atoms with Crippen LogP contribution in [0.5, 0.6) is 0 Å². The number of nitriles is 1. The molecule has 10 nitrogen and oxygen atoms in total. The molecular weight excluding hydrogens is 479 g/mol. The Bertz CT molecular complexity index is 1460. The quantitative estimate of drug-likeness (QED) is 0.445. The highest BCUT2D eigenvalue weighted by molar-refractivity contribution is 6.42. The molecule has 0 saturated carbocycles. The van der Waals surface area contributed by atoms with Crippen LogP contribution in [0.15, 0.2) is 30.7 Å². The van der Waals surface area contributed by atoms with Gasteiger partial charge in [-0.1, -0.05) is 23.2 Å². The smallest absolute Gasteiger partial charge is 0.255 e. The maximum absolute atomic E-state index is 12.8. The van der Waals surface area contributed by atoms with Gasteiger partial charge in [0.05, 0.1) is 46.1 Å². The highest BCUT2D eigenvalue weighted by Crippen LogP contribution is 2.29. The minimum absolute atomic E-state index is 0.0162. The molecule has 3 aromatic heterocycles. The molecule has 0 atom stereocenters. The van der Waals surface area contributed by atoms with E-state index in [1.807, 2.05) is 0 Å². The zero-order valence-electron chi connectivity index (χ0n) is 17.8. The molecule has 2 amide bonds. The fourth-order valence-corrected chi connectivity index (χ4v) is 4.31. The minimum atomic E-state index is -0.446. The molecule has 0 bridgehead atoms. The van der Waals surface area contributed by atoms with Gasteiger partial charge in [0.2, 0.25) is 5.91 Å². The average Bonchev–Trinajstić information content (AvgIpc) is 3.46. The number of benzene rings is 1. The standard InChI is InChI=1S/C22H18Cl2N8O2/c23-15-5-13-8-29-32(17(13)6-16(15)24)18-10-27-21-20(30-18)14(9-26-21)22(34)28-11-19(33)31-3-1-12(7-25)2-4-31/h5-6,8-10,12H,1-4,11H2,(H,26,27)(H,28,34). The SMILES string of the molecule is N#CC1CCN(C(=O)CNC(=O)c2c[nH]c3ncc(-n4ncc5cc(Cl)c(Cl)cc54)nc23)CC1. The Balaban J connectivity index is 1.35. The van der Waals surface area contributed by atoms with Gasteiger partial charge in [-0.25, -0.2) is 14.6 Å². The number of aromatic amines is 1. The molecule has 2 N–H and O–H groups in total. The first-order valence-corrected chi connectivity index (χ1v) is 11.3. The Morgan fingerprint density at radius 2 is 1.97 bits per heavy atom. The highest BCUT2D eigenvalue weighted by atomic mass is 35.5. The van der Waals surface area contributed by atoms with Crippen LogP contribution in [0.4, 0.5) is 0 Å². The van der Waals surface area contributed by atoms with E-state index < -0.39 is 5.91 Å². The number of piperidine rings is 1. The van der Waals surface area contributed by atoms with Crippen molar-refractivity contribution >= 4 is 57.1 Å². The van der Waals surface area contributed by atoms with Gasteiger partial charge in [0, 0.05) is 30.6 Å². The number of carbonyl (C=O) groups excluding carboxylic acids is 2. The lowest BCUT2D eigenvalue weighted by Gasteiger charge is -2.29. The summed E-state index contributed by atoms with van der Waals surface area (Å²) in [5, 5.41) is 17.6. The van der Waals surface area contributed by atoms with E-state index >= 15 is 0 Å². The Morgan fingerprint density at radius 1 is 1.21 bits per heavy atom. The predicted molar refractivity (Wildman–Crippen MR) is 126 cm³/mol. The van der Waals surface area contributed by atoms with Crippen molar-refractivity contribution in [3.05, 3.63) is 46.3 Å². The van der Waals surface area contributed by atoms with Crippen molar-refractivity contribution in [1.29, 1.82) is 5.26 Å². The van der Waals surface area contributed by atoms with Gasteiger partial charge < -0.3 is 15.2 Å². The van der Waals surface area contributed by atoms with Gasteiger partial charge in [0.1, 0.15) is 5.52 Å². The molecule has 12 heteroatoms. The van der Waals surface area contributed by atoms with Crippen LogP contribution in [0.1, 0.15) is 23.2 Å². The highest BCUT2D eigenvalue weighted by Gasteiger charge is 2.23. The summed E-state index contributed by atoms with van der Waals surface area (Å²) in [6.45, 7) is 0.892. The molecule has 0 radical (unpaired) electrons. The fourth-order valence-electron chi connectivity index (χ4n) is 3.98. The third kappa shape index (κ3) is 4.04. The molecule has 1 fully saturated rings. The summed E-state index contributed by atoms with van der Waals surface area (Å²) in [4.78, 5) is 38.8. The molecule has 5 rings (SSSR count). The van der Waals surface area contributed by atoms with Gasteiger partial charge >= 0.3 is 0 Å². The third-order valence-electron chi connectivity index (χ3n) is 5.87. The number of fused-ring (bicyclic) bond motifs is 2. The van der Waals surface area contributed by atoms with Gasteiger partial charge in [0.25, 0.3) is 5.91 Å². The fraction of sp³-hybridized carbons (Fsp3) is 0.273. The molecule has 1 saturated heterocycles. The van der Waals surface area contributed by atoms with Gasteiger partial charge in [-0.05, 0) is 25.0 Å². The van der Waals surface area contributed by atoms with E-state index in [9.17, 15) is 9.59 Å². The van der Waals surface area contributed by atoms with Gasteiger partial charge in [-0.15, -0.1) is 0 Å².